The molecular formula is C29H37FN6O. The number of benzene rings is 2. The second-order valence-electron chi connectivity index (χ2n) is 10.7. The largest absolute Gasteiger partial charge is 0.340 e. The molecule has 0 bridgehead atoms. The van der Waals surface area contributed by atoms with Gasteiger partial charge in [-0.2, -0.15) is 4.99 Å². The van der Waals surface area contributed by atoms with Crippen LogP contribution >= 0.6 is 0 Å². The highest BCUT2D eigenvalue weighted by Crippen LogP contribution is 2.35. The molecule has 0 atom stereocenters. The van der Waals surface area contributed by atoms with Gasteiger partial charge in [-0.3, -0.25) is 0 Å². The molecule has 0 saturated carbocycles. The Bertz CT molecular complexity index is 1200. The van der Waals surface area contributed by atoms with Gasteiger partial charge >= 0.3 is 0 Å². The van der Waals surface area contributed by atoms with Crippen molar-refractivity contribution in [3.05, 3.63) is 71.7 Å². The number of halogens is 1. The Morgan fingerprint density at radius 2 is 1.43 bits per heavy atom. The molecule has 2 saturated heterocycles. The Morgan fingerprint density at radius 3 is 2.00 bits per heavy atom. The maximum absolute atomic E-state index is 15.1. The number of piperazine rings is 2. The van der Waals surface area contributed by atoms with Crippen molar-refractivity contribution < 1.29 is 8.91 Å². The SMILES string of the molecule is CN1CCN(C(=Nc2cc(C(C)(C)c3ccc(-c4ccccc4)c(F)c3)no2)N2CCN(C)CC2)CC1. The van der Waals surface area contributed by atoms with Crippen molar-refractivity contribution in [3.8, 4) is 11.1 Å². The molecule has 2 fully saturated rings. The highest BCUT2D eigenvalue weighted by molar-refractivity contribution is 5.82. The Kier molecular flexibility index (Phi) is 7.31. The molecule has 1 aromatic heterocycles. The summed E-state index contributed by atoms with van der Waals surface area (Å²) in [5, 5.41) is 4.38. The number of hydrogen-bond donors (Lipinski definition) is 0. The van der Waals surface area contributed by atoms with Crippen LogP contribution in [0.2, 0.25) is 0 Å². The zero-order chi connectivity index (χ0) is 26.0. The summed E-state index contributed by atoms with van der Waals surface area (Å²) in [6.07, 6.45) is 0. The number of likely N-dealkylation sites (N-methyl/N-ethyl adjacent to an activating group) is 2. The van der Waals surface area contributed by atoms with Gasteiger partial charge in [0.05, 0.1) is 5.69 Å². The van der Waals surface area contributed by atoms with Crippen molar-refractivity contribution in [3.63, 3.8) is 0 Å². The summed E-state index contributed by atoms with van der Waals surface area (Å²) in [7, 11) is 4.31. The van der Waals surface area contributed by atoms with Crippen LogP contribution in [-0.4, -0.2) is 97.2 Å². The van der Waals surface area contributed by atoms with Crippen molar-refractivity contribution >= 4 is 11.8 Å². The zero-order valence-electron chi connectivity index (χ0n) is 22.3. The topological polar surface area (TPSA) is 51.4 Å². The lowest BCUT2D eigenvalue weighted by atomic mass is 9.81. The van der Waals surface area contributed by atoms with E-state index in [4.69, 9.17) is 9.52 Å². The van der Waals surface area contributed by atoms with E-state index >= 15 is 4.39 Å². The number of hydrogen-bond acceptors (Lipinski definition) is 5. The molecule has 0 radical (unpaired) electrons. The standard InChI is InChI=1S/C29H37FN6O/c1-29(2,23-10-11-24(25(30)20-23)22-8-6-5-7-9-22)26-21-27(37-32-26)31-28(35-16-12-33(3)13-17-35)36-18-14-34(4)15-19-36/h5-11,20-21H,12-19H2,1-4H3. The molecule has 3 heterocycles. The third-order valence-electron chi connectivity index (χ3n) is 7.70. The lowest BCUT2D eigenvalue weighted by Crippen LogP contribution is -2.56. The number of aromatic nitrogens is 1. The molecular weight excluding hydrogens is 467 g/mol. The molecule has 37 heavy (non-hydrogen) atoms. The van der Waals surface area contributed by atoms with Gasteiger partial charge in [0.1, 0.15) is 5.82 Å². The molecule has 0 spiro atoms. The number of rotatable bonds is 4. The Balaban J connectivity index is 1.41. The van der Waals surface area contributed by atoms with E-state index in [1.54, 1.807) is 6.07 Å². The van der Waals surface area contributed by atoms with Gasteiger partial charge in [0.25, 0.3) is 5.88 Å². The first kappa shape index (κ1) is 25.4. The van der Waals surface area contributed by atoms with E-state index in [0.717, 1.165) is 75.1 Å². The van der Waals surface area contributed by atoms with Crippen LogP contribution in [0.1, 0.15) is 25.1 Å². The zero-order valence-corrected chi connectivity index (χ0v) is 22.3. The third kappa shape index (κ3) is 5.55. The Morgan fingerprint density at radius 1 is 0.838 bits per heavy atom. The number of guanidine groups is 1. The van der Waals surface area contributed by atoms with Crippen molar-refractivity contribution in [1.29, 1.82) is 0 Å². The van der Waals surface area contributed by atoms with Gasteiger partial charge in [-0.05, 0) is 31.3 Å². The van der Waals surface area contributed by atoms with E-state index in [2.05, 4.69) is 38.9 Å². The molecule has 0 unspecified atom stereocenters. The molecule has 2 aromatic carbocycles. The monoisotopic (exact) mass is 504 g/mol. The first-order chi connectivity index (χ1) is 17.8. The van der Waals surface area contributed by atoms with Gasteiger partial charge in [0, 0.05) is 69.4 Å². The number of nitrogens with zero attached hydrogens (tertiary/aromatic N) is 6. The van der Waals surface area contributed by atoms with Gasteiger partial charge in [-0.1, -0.05) is 61.5 Å². The van der Waals surface area contributed by atoms with Gasteiger partial charge in [-0.15, -0.1) is 0 Å². The molecule has 2 aliphatic heterocycles. The van der Waals surface area contributed by atoms with E-state index < -0.39 is 5.41 Å². The minimum atomic E-state index is -0.546. The van der Waals surface area contributed by atoms with Crippen molar-refractivity contribution in [1.82, 2.24) is 24.8 Å². The highest BCUT2D eigenvalue weighted by atomic mass is 19.1. The summed E-state index contributed by atoms with van der Waals surface area (Å²) in [4.78, 5) is 14.4. The van der Waals surface area contributed by atoms with Gasteiger partial charge < -0.3 is 24.1 Å². The van der Waals surface area contributed by atoms with E-state index in [1.165, 1.54) is 0 Å². The molecule has 196 valence electrons. The predicted octanol–water partition coefficient (Wildman–Crippen LogP) is 4.29. The van der Waals surface area contributed by atoms with Crippen LogP contribution in [0.15, 0.2) is 64.1 Å². The van der Waals surface area contributed by atoms with E-state index in [0.29, 0.717) is 11.4 Å². The first-order valence-electron chi connectivity index (χ1n) is 13.1. The summed E-state index contributed by atoms with van der Waals surface area (Å²) < 4.78 is 20.9. The minimum Gasteiger partial charge on any atom is -0.340 e. The van der Waals surface area contributed by atoms with Crippen LogP contribution in [0, 0.1) is 5.82 Å². The molecule has 2 aliphatic rings. The molecule has 5 rings (SSSR count). The van der Waals surface area contributed by atoms with Crippen LogP contribution in [-0.2, 0) is 5.41 Å². The van der Waals surface area contributed by atoms with Crippen molar-refractivity contribution in [2.45, 2.75) is 19.3 Å². The lowest BCUT2D eigenvalue weighted by molar-refractivity contribution is 0.167. The molecule has 0 aliphatic carbocycles. The van der Waals surface area contributed by atoms with E-state index in [9.17, 15) is 0 Å². The van der Waals surface area contributed by atoms with Crippen LogP contribution in [0.25, 0.3) is 11.1 Å². The summed E-state index contributed by atoms with van der Waals surface area (Å²) in [5.41, 5.74) is 2.48. The molecule has 8 heteroatoms. The number of aliphatic imine (C=N–C) groups is 1. The fraction of sp³-hybridized carbons (Fsp3) is 0.448. The Hall–Kier alpha value is -3.23. The fourth-order valence-electron chi connectivity index (χ4n) is 4.97. The van der Waals surface area contributed by atoms with E-state index in [-0.39, 0.29) is 5.82 Å². The van der Waals surface area contributed by atoms with Crippen molar-refractivity contribution in [2.24, 2.45) is 4.99 Å². The van der Waals surface area contributed by atoms with Crippen LogP contribution < -0.4 is 0 Å². The van der Waals surface area contributed by atoms with Crippen LogP contribution in [0.3, 0.4) is 0 Å². The lowest BCUT2D eigenvalue weighted by Gasteiger charge is -2.41. The van der Waals surface area contributed by atoms with Gasteiger partial charge in [0.2, 0.25) is 5.96 Å². The second kappa shape index (κ2) is 10.6. The smallest absolute Gasteiger partial charge is 0.253 e. The predicted molar refractivity (Wildman–Crippen MR) is 146 cm³/mol. The normalized spacial score (nSPS) is 17.8. The first-order valence-corrected chi connectivity index (χ1v) is 13.1. The molecule has 0 amide bonds. The summed E-state index contributed by atoms with van der Waals surface area (Å²) in [6.45, 7) is 11.8. The highest BCUT2D eigenvalue weighted by Gasteiger charge is 2.30. The molecule has 0 N–H and O–H groups in total. The Labute approximate surface area is 219 Å². The van der Waals surface area contributed by atoms with Crippen LogP contribution in [0.4, 0.5) is 10.3 Å². The quantitative estimate of drug-likeness (QED) is 0.390. The fourth-order valence-corrected chi connectivity index (χ4v) is 4.97. The third-order valence-corrected chi connectivity index (χ3v) is 7.70. The van der Waals surface area contributed by atoms with Crippen molar-refractivity contribution in [2.75, 3.05) is 66.5 Å². The van der Waals surface area contributed by atoms with Crippen LogP contribution in [0.5, 0.6) is 0 Å². The maximum Gasteiger partial charge on any atom is 0.253 e. The second-order valence-corrected chi connectivity index (χ2v) is 10.7. The maximum atomic E-state index is 15.1. The summed E-state index contributed by atoms with van der Waals surface area (Å²) in [5.74, 6) is 1.20. The van der Waals surface area contributed by atoms with Gasteiger partial charge in [-0.25, -0.2) is 4.39 Å². The average molecular weight is 505 g/mol. The molecule has 3 aromatic rings. The summed E-state index contributed by atoms with van der Waals surface area (Å²) in [6, 6.07) is 16.9. The van der Waals surface area contributed by atoms with E-state index in [1.807, 2.05) is 62.4 Å². The van der Waals surface area contributed by atoms with Gasteiger partial charge in [0.15, 0.2) is 0 Å². The minimum absolute atomic E-state index is 0.245. The molecule has 7 nitrogen and oxygen atoms in total. The summed E-state index contributed by atoms with van der Waals surface area (Å²) >= 11 is 0. The average Bonchev–Trinajstić information content (AvgIpc) is 3.39.